The van der Waals surface area contributed by atoms with Gasteiger partial charge in [-0.25, -0.2) is 4.99 Å². The molecule has 6 atom stereocenters. The van der Waals surface area contributed by atoms with Gasteiger partial charge in [0.25, 0.3) is 0 Å². The number of guanidine groups is 1. The molecule has 1 aliphatic heterocycles. The average molecular weight is 508 g/mol. The summed E-state index contributed by atoms with van der Waals surface area (Å²) in [4.78, 5) is 18.1. The third kappa shape index (κ3) is 4.70. The van der Waals surface area contributed by atoms with Crippen LogP contribution in [-0.4, -0.2) is 41.0 Å². The third-order valence-electron chi connectivity index (χ3n) is 9.79. The lowest BCUT2D eigenvalue weighted by molar-refractivity contribution is -0.125. The van der Waals surface area contributed by atoms with E-state index in [1.54, 1.807) is 0 Å². The smallest absolute Gasteiger partial charge is 0.186 e. The number of aliphatic hydroxyl groups excluding tert-OH is 1. The molecule has 0 aromatic heterocycles. The predicted molar refractivity (Wildman–Crippen MR) is 146 cm³/mol. The summed E-state index contributed by atoms with van der Waals surface area (Å²) < 4.78 is 0. The number of hydrogen-bond acceptors (Lipinski definition) is 5. The molecule has 0 aromatic carbocycles. The van der Waals surface area contributed by atoms with Crippen LogP contribution >= 0.6 is 21.6 Å². The molecule has 0 radical (unpaired) electrons. The number of rotatable bonds is 7. The van der Waals surface area contributed by atoms with Crippen molar-refractivity contribution < 1.29 is 9.90 Å². The van der Waals surface area contributed by atoms with Crippen LogP contribution in [0.1, 0.15) is 90.9 Å². The molecule has 3 aliphatic carbocycles. The predicted octanol–water partition coefficient (Wildman–Crippen LogP) is 5.46. The highest BCUT2D eigenvalue weighted by Gasteiger charge is 2.69. The van der Waals surface area contributed by atoms with Crippen molar-refractivity contribution in [1.29, 1.82) is 0 Å². The minimum absolute atomic E-state index is 0.0273. The third-order valence-corrected chi connectivity index (χ3v) is 12.3. The highest BCUT2D eigenvalue weighted by atomic mass is 33.1. The highest BCUT2D eigenvalue weighted by Crippen LogP contribution is 2.75. The van der Waals surface area contributed by atoms with E-state index in [1.165, 1.54) is 31.3 Å². The van der Waals surface area contributed by atoms with Crippen LogP contribution in [0.4, 0.5) is 0 Å². The second kappa shape index (κ2) is 11.2. The van der Waals surface area contributed by atoms with E-state index in [2.05, 4.69) is 18.8 Å². The van der Waals surface area contributed by atoms with E-state index >= 15 is 0 Å². The molecular weight excluding hydrogens is 462 g/mol. The summed E-state index contributed by atoms with van der Waals surface area (Å²) in [6.45, 7) is 5.05. The van der Waals surface area contributed by atoms with Crippen LogP contribution in [0.2, 0.25) is 0 Å². The zero-order chi connectivity index (χ0) is 24.3. The molecule has 2 saturated carbocycles. The van der Waals surface area contributed by atoms with Crippen molar-refractivity contribution >= 4 is 33.3 Å². The van der Waals surface area contributed by atoms with Gasteiger partial charge in [-0.2, -0.15) is 0 Å². The summed E-state index contributed by atoms with van der Waals surface area (Å²) in [6, 6.07) is 0.122. The summed E-state index contributed by atoms with van der Waals surface area (Å²) in [5.41, 5.74) is 14.2. The number of ketones is 1. The molecule has 7 heteroatoms. The average Bonchev–Trinajstić information content (AvgIpc) is 3.13. The summed E-state index contributed by atoms with van der Waals surface area (Å²) in [6.07, 6.45) is 12.9. The fraction of sp³-hybridized carbons (Fsp3) is 0.852. The van der Waals surface area contributed by atoms with Crippen molar-refractivity contribution in [3.63, 3.8) is 0 Å². The van der Waals surface area contributed by atoms with Gasteiger partial charge in [0, 0.05) is 29.9 Å². The van der Waals surface area contributed by atoms with Crippen LogP contribution in [0.3, 0.4) is 0 Å². The second-order valence-electron chi connectivity index (χ2n) is 11.4. The molecule has 5 N–H and O–H groups in total. The number of nitrogens with zero attached hydrogens (tertiary/aromatic N) is 1. The Hall–Kier alpha value is -0.660. The van der Waals surface area contributed by atoms with Gasteiger partial charge in [-0.15, -0.1) is 0 Å². The zero-order valence-corrected chi connectivity index (χ0v) is 22.8. The summed E-state index contributed by atoms with van der Waals surface area (Å²) in [5, 5.41) is 10.5. The van der Waals surface area contributed by atoms with Crippen molar-refractivity contribution in [3.8, 4) is 0 Å². The zero-order valence-electron chi connectivity index (χ0n) is 21.2. The van der Waals surface area contributed by atoms with E-state index in [4.69, 9.17) is 11.5 Å². The van der Waals surface area contributed by atoms with Gasteiger partial charge < -0.3 is 16.6 Å². The Balaban J connectivity index is 1.69. The quantitative estimate of drug-likeness (QED) is 0.183. The number of carbonyl (C=O) groups is 1. The Morgan fingerprint density at radius 1 is 1.24 bits per heavy atom. The molecule has 0 unspecified atom stereocenters. The normalized spacial score (nSPS) is 38.3. The molecule has 5 bridgehead atoms. The highest BCUT2D eigenvalue weighted by molar-refractivity contribution is 8.76. The van der Waals surface area contributed by atoms with Gasteiger partial charge in [-0.05, 0) is 73.7 Å². The molecule has 4 aliphatic rings. The Morgan fingerprint density at radius 2 is 2.06 bits per heavy atom. The van der Waals surface area contributed by atoms with Crippen LogP contribution in [0.5, 0.6) is 0 Å². The first-order chi connectivity index (χ1) is 16.4. The Labute approximate surface area is 214 Å². The van der Waals surface area contributed by atoms with Crippen molar-refractivity contribution in [2.75, 3.05) is 18.1 Å². The van der Waals surface area contributed by atoms with E-state index in [0.29, 0.717) is 30.0 Å². The molecule has 5 nitrogen and oxygen atoms in total. The van der Waals surface area contributed by atoms with Crippen LogP contribution in [0.25, 0.3) is 0 Å². The van der Waals surface area contributed by atoms with Crippen LogP contribution in [-0.2, 0) is 4.79 Å². The van der Waals surface area contributed by atoms with E-state index < -0.39 is 0 Å². The largest absolute Gasteiger partial charge is 0.396 e. The molecule has 0 saturated heterocycles. The van der Waals surface area contributed by atoms with Crippen LogP contribution < -0.4 is 11.5 Å². The molecule has 1 spiro atoms. The first-order valence-corrected chi connectivity index (χ1v) is 16.1. The fourth-order valence-electron chi connectivity index (χ4n) is 8.19. The van der Waals surface area contributed by atoms with E-state index in [-0.39, 0.29) is 29.4 Å². The standard InChI is InChI=1S/C27H45N3O2S2/c1-3-4-5-6-10-22-18(16-31)13-19-14-23-21-9-7-8-20(30-25(28)29)17-34-33-12-11-26(19,2)27(22,23)15-24(21)32/h18-20,22,31H,3-17H2,1-2H3,(H4,28,29,30)/t18-,19-,20+,22-,26+,27+/m1/s1. The van der Waals surface area contributed by atoms with Crippen molar-refractivity contribution in [2.45, 2.75) is 96.9 Å². The molecule has 34 heavy (non-hydrogen) atoms. The van der Waals surface area contributed by atoms with Gasteiger partial charge >= 0.3 is 0 Å². The maximum Gasteiger partial charge on any atom is 0.186 e. The molecule has 1 heterocycles. The number of Topliss-reactive ketones (excluding diaryl/α,β-unsaturated/α-hetero) is 1. The van der Waals surface area contributed by atoms with Crippen LogP contribution in [0, 0.1) is 28.6 Å². The van der Waals surface area contributed by atoms with E-state index in [0.717, 1.165) is 62.0 Å². The minimum atomic E-state index is -0.0273. The number of carbonyl (C=O) groups excluding carboxylic acids is 1. The first kappa shape index (κ1) is 26.4. The van der Waals surface area contributed by atoms with Gasteiger partial charge in [0.2, 0.25) is 0 Å². The van der Waals surface area contributed by atoms with Crippen molar-refractivity contribution in [3.05, 3.63) is 11.1 Å². The number of nitrogens with two attached hydrogens (primary N) is 2. The number of aliphatic hydroxyl groups is 1. The second-order valence-corrected chi connectivity index (χ2v) is 14.1. The monoisotopic (exact) mass is 507 g/mol. The minimum Gasteiger partial charge on any atom is -0.396 e. The van der Waals surface area contributed by atoms with Crippen LogP contribution in [0.15, 0.2) is 16.1 Å². The molecule has 192 valence electrons. The van der Waals surface area contributed by atoms with Gasteiger partial charge in [0.1, 0.15) is 0 Å². The fourth-order valence-corrected chi connectivity index (χ4v) is 10.7. The molecule has 0 amide bonds. The molecule has 0 aromatic rings. The maximum absolute atomic E-state index is 13.6. The number of hydrogen-bond donors (Lipinski definition) is 3. The summed E-state index contributed by atoms with van der Waals surface area (Å²) >= 11 is 0. The Morgan fingerprint density at radius 3 is 2.79 bits per heavy atom. The lowest BCUT2D eigenvalue weighted by Crippen LogP contribution is -2.52. The van der Waals surface area contributed by atoms with E-state index in [1.807, 2.05) is 21.6 Å². The topological polar surface area (TPSA) is 102 Å². The lowest BCUT2D eigenvalue weighted by atomic mass is 9.47. The Bertz CT molecular complexity index is 812. The molecule has 4 rings (SSSR count). The summed E-state index contributed by atoms with van der Waals surface area (Å²) in [7, 11) is 3.85. The molecular formula is C27H45N3O2S2. The van der Waals surface area contributed by atoms with Crippen molar-refractivity contribution in [1.82, 2.24) is 0 Å². The number of unbranched alkanes of at least 4 members (excludes halogenated alkanes) is 3. The number of aliphatic imine (C=N–C) groups is 1. The van der Waals surface area contributed by atoms with Gasteiger partial charge in [0.05, 0.1) is 6.04 Å². The molecule has 2 fully saturated rings. The van der Waals surface area contributed by atoms with Gasteiger partial charge in [-0.1, -0.05) is 66.7 Å². The first-order valence-electron chi connectivity index (χ1n) is 13.6. The van der Waals surface area contributed by atoms with E-state index in [9.17, 15) is 9.90 Å². The number of allylic oxidation sites excluding steroid dienone is 2. The maximum atomic E-state index is 13.6. The Kier molecular flexibility index (Phi) is 8.67. The van der Waals surface area contributed by atoms with Gasteiger partial charge in [0.15, 0.2) is 11.7 Å². The van der Waals surface area contributed by atoms with Crippen molar-refractivity contribution in [2.24, 2.45) is 45.0 Å². The summed E-state index contributed by atoms with van der Waals surface area (Å²) in [5.74, 6) is 3.95. The van der Waals surface area contributed by atoms with Gasteiger partial charge in [-0.3, -0.25) is 4.79 Å². The lowest BCUT2D eigenvalue weighted by Gasteiger charge is -2.57. The SMILES string of the molecule is CCCCCC[C@@H]1[C@@H](CO)C[C@@H]2CC3=C4CCC[C@H](N=C(N)N)CSSCC[C@]2(C)[C@]31CC4=O.